The Bertz CT molecular complexity index is 1200. The van der Waals surface area contributed by atoms with E-state index in [-0.39, 0.29) is 24.1 Å². The van der Waals surface area contributed by atoms with Crippen molar-refractivity contribution in [2.24, 2.45) is 4.99 Å². The topological polar surface area (TPSA) is 61.8 Å². The molecule has 1 unspecified atom stereocenters. The fourth-order valence-corrected chi connectivity index (χ4v) is 4.67. The van der Waals surface area contributed by atoms with E-state index in [4.69, 9.17) is 11.6 Å². The fraction of sp³-hybridized carbons (Fsp3) is 0.160. The summed E-state index contributed by atoms with van der Waals surface area (Å²) in [6, 6.07) is 18.4. The average molecular weight is 500 g/mol. The number of thioether (sulfide) groups is 1. The van der Waals surface area contributed by atoms with E-state index < -0.39 is 11.1 Å². The normalized spacial score (nSPS) is 16.8. The molecular weight excluding hydrogens is 480 g/mol. The molecule has 0 saturated carbocycles. The predicted octanol–water partition coefficient (Wildman–Crippen LogP) is 5.82. The zero-order valence-corrected chi connectivity index (χ0v) is 19.5. The van der Waals surface area contributed by atoms with Crippen LogP contribution in [0.2, 0.25) is 5.02 Å². The zero-order valence-electron chi connectivity index (χ0n) is 17.9. The molecule has 1 N–H and O–H groups in total. The highest BCUT2D eigenvalue weighted by Crippen LogP contribution is 2.32. The first kappa shape index (κ1) is 23.9. The maximum atomic E-state index is 13.2. The van der Waals surface area contributed by atoms with Gasteiger partial charge in [0.25, 0.3) is 0 Å². The highest BCUT2D eigenvalue weighted by atomic mass is 35.5. The first-order valence-electron chi connectivity index (χ1n) is 10.5. The number of anilines is 1. The Labute approximate surface area is 204 Å². The van der Waals surface area contributed by atoms with Crippen molar-refractivity contribution >= 4 is 51.7 Å². The molecule has 34 heavy (non-hydrogen) atoms. The van der Waals surface area contributed by atoms with Crippen LogP contribution in [0.5, 0.6) is 0 Å². The predicted molar refractivity (Wildman–Crippen MR) is 131 cm³/mol. The molecule has 0 bridgehead atoms. The number of carbonyl (C=O) groups excluding carboxylic acids is 2. The minimum atomic E-state index is -0.653. The molecule has 5 nitrogen and oxygen atoms in total. The Hall–Kier alpha value is -3.23. The number of nitrogens with one attached hydrogen (secondary N) is 1. The minimum absolute atomic E-state index is 0.0619. The van der Waals surface area contributed by atoms with Gasteiger partial charge >= 0.3 is 0 Å². The van der Waals surface area contributed by atoms with Crippen molar-refractivity contribution < 1.29 is 18.4 Å². The third-order valence-corrected chi connectivity index (χ3v) is 6.53. The van der Waals surface area contributed by atoms with Gasteiger partial charge in [-0.15, -0.1) is 0 Å². The van der Waals surface area contributed by atoms with Gasteiger partial charge < -0.3 is 5.32 Å². The first-order valence-corrected chi connectivity index (χ1v) is 11.8. The smallest absolute Gasteiger partial charge is 0.242 e. The van der Waals surface area contributed by atoms with Gasteiger partial charge in [-0.25, -0.2) is 13.8 Å². The summed E-state index contributed by atoms with van der Waals surface area (Å²) in [4.78, 5) is 31.9. The van der Waals surface area contributed by atoms with Gasteiger partial charge in [-0.3, -0.25) is 14.5 Å². The van der Waals surface area contributed by atoms with E-state index >= 15 is 0 Å². The minimum Gasteiger partial charge on any atom is -0.326 e. The largest absolute Gasteiger partial charge is 0.326 e. The number of hydrogen-bond donors (Lipinski definition) is 1. The number of benzene rings is 3. The molecule has 174 valence electrons. The molecule has 3 aromatic carbocycles. The number of aliphatic imine (C=N–C) groups is 1. The van der Waals surface area contributed by atoms with Gasteiger partial charge in [0, 0.05) is 23.7 Å². The van der Waals surface area contributed by atoms with Crippen LogP contribution in [0.4, 0.5) is 20.2 Å². The van der Waals surface area contributed by atoms with Crippen molar-refractivity contribution in [1.29, 1.82) is 0 Å². The molecule has 9 heteroatoms. The van der Waals surface area contributed by atoms with Crippen molar-refractivity contribution in [2.45, 2.75) is 18.1 Å². The van der Waals surface area contributed by atoms with Crippen LogP contribution in [0.15, 0.2) is 77.8 Å². The van der Waals surface area contributed by atoms with Gasteiger partial charge in [0.15, 0.2) is 5.17 Å². The number of halogens is 3. The van der Waals surface area contributed by atoms with Crippen LogP contribution in [-0.2, 0) is 16.0 Å². The number of amides is 2. The molecule has 1 atom stereocenters. The van der Waals surface area contributed by atoms with Crippen LogP contribution in [-0.4, -0.2) is 33.7 Å². The summed E-state index contributed by atoms with van der Waals surface area (Å²) in [5.74, 6) is -1.31. The first-order chi connectivity index (χ1) is 16.4. The summed E-state index contributed by atoms with van der Waals surface area (Å²) in [7, 11) is 0. The standard InChI is InChI=1S/C25H20ClF2N3O2S/c26-17-3-9-21(10-4-17)30-25-31(14-13-16-1-5-18(27)6-2-16)24(33)22(34-25)15-23(32)29-20-11-7-19(28)8-12-20/h1-12,22H,13-15H2,(H,29,32). The molecule has 1 aliphatic rings. The molecule has 0 spiro atoms. The highest BCUT2D eigenvalue weighted by Gasteiger charge is 2.39. The maximum Gasteiger partial charge on any atom is 0.242 e. The molecule has 1 heterocycles. The van der Waals surface area contributed by atoms with Crippen LogP contribution >= 0.6 is 23.4 Å². The lowest BCUT2D eigenvalue weighted by atomic mass is 10.1. The van der Waals surface area contributed by atoms with Crippen molar-refractivity contribution in [1.82, 2.24) is 4.90 Å². The van der Waals surface area contributed by atoms with Gasteiger partial charge in [0.2, 0.25) is 11.8 Å². The molecular formula is C25H20ClF2N3O2S. The SMILES string of the molecule is O=C(CC1SC(=Nc2ccc(Cl)cc2)N(CCc2ccc(F)cc2)C1=O)Nc1ccc(F)cc1. The van der Waals surface area contributed by atoms with Gasteiger partial charge in [-0.1, -0.05) is 35.5 Å². The third-order valence-electron chi connectivity index (χ3n) is 5.11. The van der Waals surface area contributed by atoms with Crippen molar-refractivity contribution in [2.75, 3.05) is 11.9 Å². The zero-order chi connectivity index (χ0) is 24.1. The Balaban J connectivity index is 1.49. The van der Waals surface area contributed by atoms with Crippen LogP contribution in [0.25, 0.3) is 0 Å². The third kappa shape index (κ3) is 6.21. The lowest BCUT2D eigenvalue weighted by Crippen LogP contribution is -2.35. The van der Waals surface area contributed by atoms with E-state index in [1.54, 1.807) is 41.3 Å². The number of nitrogens with zero attached hydrogens (tertiary/aromatic N) is 2. The summed E-state index contributed by atoms with van der Waals surface area (Å²) < 4.78 is 26.3. The number of amidine groups is 1. The molecule has 1 saturated heterocycles. The van der Waals surface area contributed by atoms with E-state index in [1.807, 2.05) is 0 Å². The monoisotopic (exact) mass is 499 g/mol. The summed E-state index contributed by atoms with van der Waals surface area (Å²) in [6.45, 7) is 0.333. The number of carbonyl (C=O) groups is 2. The van der Waals surface area contributed by atoms with E-state index in [0.717, 1.165) is 5.56 Å². The molecule has 0 aliphatic carbocycles. The number of hydrogen-bond acceptors (Lipinski definition) is 4. The highest BCUT2D eigenvalue weighted by molar-refractivity contribution is 8.15. The Morgan fingerprint density at radius 2 is 1.59 bits per heavy atom. The van der Waals surface area contributed by atoms with Crippen LogP contribution in [0, 0.1) is 11.6 Å². The van der Waals surface area contributed by atoms with Crippen LogP contribution in [0.3, 0.4) is 0 Å². The summed E-state index contributed by atoms with van der Waals surface area (Å²) in [5, 5.41) is 3.08. The number of rotatable bonds is 7. The summed E-state index contributed by atoms with van der Waals surface area (Å²) in [5.41, 5.74) is 1.95. The van der Waals surface area contributed by atoms with Crippen molar-refractivity contribution in [3.8, 4) is 0 Å². The van der Waals surface area contributed by atoms with Gasteiger partial charge in [0.05, 0.1) is 5.69 Å². The van der Waals surface area contributed by atoms with Crippen molar-refractivity contribution in [3.05, 3.63) is 95.0 Å². The summed E-state index contributed by atoms with van der Waals surface area (Å²) >= 11 is 7.17. The van der Waals surface area contributed by atoms with Crippen LogP contribution in [0.1, 0.15) is 12.0 Å². The molecule has 1 aliphatic heterocycles. The lowest BCUT2D eigenvalue weighted by molar-refractivity contribution is -0.128. The average Bonchev–Trinajstić information content (AvgIpc) is 3.10. The quantitative estimate of drug-likeness (QED) is 0.445. The van der Waals surface area contributed by atoms with Crippen molar-refractivity contribution in [3.63, 3.8) is 0 Å². The Kier molecular flexibility index (Phi) is 7.59. The Morgan fingerprint density at radius 1 is 0.971 bits per heavy atom. The Morgan fingerprint density at radius 3 is 2.24 bits per heavy atom. The second-order valence-electron chi connectivity index (χ2n) is 7.60. The van der Waals surface area contributed by atoms with E-state index in [9.17, 15) is 18.4 Å². The van der Waals surface area contributed by atoms with E-state index in [0.29, 0.717) is 34.5 Å². The molecule has 0 radical (unpaired) electrons. The molecule has 2 amide bonds. The van der Waals surface area contributed by atoms with Crippen LogP contribution < -0.4 is 5.32 Å². The van der Waals surface area contributed by atoms with E-state index in [1.165, 1.54) is 48.2 Å². The maximum absolute atomic E-state index is 13.2. The second-order valence-corrected chi connectivity index (χ2v) is 9.21. The molecule has 3 aromatic rings. The molecule has 0 aromatic heterocycles. The second kappa shape index (κ2) is 10.8. The molecule has 4 rings (SSSR count). The fourth-order valence-electron chi connectivity index (χ4n) is 3.36. The lowest BCUT2D eigenvalue weighted by Gasteiger charge is -2.16. The van der Waals surface area contributed by atoms with Gasteiger partial charge in [-0.05, 0) is 72.6 Å². The molecule has 1 fully saturated rings. The van der Waals surface area contributed by atoms with Gasteiger partial charge in [0.1, 0.15) is 16.9 Å². The summed E-state index contributed by atoms with van der Waals surface area (Å²) in [6.07, 6.45) is 0.439. The van der Waals surface area contributed by atoms with Gasteiger partial charge in [-0.2, -0.15) is 0 Å². The van der Waals surface area contributed by atoms with E-state index in [2.05, 4.69) is 10.3 Å².